The van der Waals surface area contributed by atoms with Gasteiger partial charge in [0.2, 0.25) is 11.8 Å². The molecule has 0 heterocycles. The van der Waals surface area contributed by atoms with Crippen molar-refractivity contribution in [3.63, 3.8) is 0 Å². The highest BCUT2D eigenvalue weighted by Crippen LogP contribution is 2.18. The van der Waals surface area contributed by atoms with Crippen LogP contribution in [-0.2, 0) is 16.1 Å². The molecule has 0 aliphatic rings. The lowest BCUT2D eigenvalue weighted by molar-refractivity contribution is -0.126. The Labute approximate surface area is 130 Å². The summed E-state index contributed by atoms with van der Waals surface area (Å²) in [4.78, 5) is 23.2. The zero-order chi connectivity index (χ0) is 16.8. The average Bonchev–Trinajstić information content (AvgIpc) is 2.50. The fraction of sp³-hybridized carbons (Fsp3) is 0.125. The number of carbonyl (C=O) groups is 2. The van der Waals surface area contributed by atoms with E-state index in [2.05, 4.69) is 5.32 Å². The van der Waals surface area contributed by atoms with Crippen molar-refractivity contribution in [2.45, 2.75) is 13.0 Å². The Morgan fingerprint density at radius 3 is 2.09 bits per heavy atom. The molecule has 0 saturated heterocycles. The summed E-state index contributed by atoms with van der Waals surface area (Å²) in [5.74, 6) is -3.93. The molecule has 7 heteroatoms. The second kappa shape index (κ2) is 7.44. The molecule has 2 aromatic carbocycles. The number of benzene rings is 2. The largest absolute Gasteiger partial charge is 0.351 e. The second-order valence-electron chi connectivity index (χ2n) is 4.69. The summed E-state index contributed by atoms with van der Waals surface area (Å²) in [5.41, 5.74) is -0.346. The number of anilines is 1. The minimum absolute atomic E-state index is 0.0904. The smallest absolute Gasteiger partial charge is 0.233 e. The SMILES string of the molecule is O=C(CC(=O)Nc1c(F)cccc1F)NCc1ccccc1F. The number of hydrogen-bond donors (Lipinski definition) is 2. The predicted molar refractivity (Wildman–Crippen MR) is 77.9 cm³/mol. The standard InChI is InChI=1S/C16H13F3N2O2/c17-11-5-2-1-4-10(11)9-20-14(22)8-15(23)21-16-12(18)6-3-7-13(16)19/h1-7H,8-9H2,(H,20,22)(H,21,23). The zero-order valence-electron chi connectivity index (χ0n) is 11.9. The third-order valence-electron chi connectivity index (χ3n) is 2.98. The quantitative estimate of drug-likeness (QED) is 0.832. The van der Waals surface area contributed by atoms with E-state index in [9.17, 15) is 22.8 Å². The molecule has 0 saturated carbocycles. The number of hydrogen-bond acceptors (Lipinski definition) is 2. The fourth-order valence-corrected chi connectivity index (χ4v) is 1.84. The van der Waals surface area contributed by atoms with Crippen molar-refractivity contribution in [2.24, 2.45) is 0 Å². The van der Waals surface area contributed by atoms with Crippen LogP contribution in [0.15, 0.2) is 42.5 Å². The minimum atomic E-state index is -0.940. The molecule has 0 aromatic heterocycles. The van der Waals surface area contributed by atoms with Gasteiger partial charge in [-0.05, 0) is 18.2 Å². The van der Waals surface area contributed by atoms with Gasteiger partial charge in [-0.1, -0.05) is 24.3 Å². The summed E-state index contributed by atoms with van der Waals surface area (Å²) in [6.45, 7) is -0.0904. The Bertz CT molecular complexity index is 715. The Morgan fingerprint density at radius 1 is 0.826 bits per heavy atom. The second-order valence-corrected chi connectivity index (χ2v) is 4.69. The predicted octanol–water partition coefficient (Wildman–Crippen LogP) is 2.75. The van der Waals surface area contributed by atoms with Crippen LogP contribution < -0.4 is 10.6 Å². The van der Waals surface area contributed by atoms with E-state index in [0.29, 0.717) is 0 Å². The maximum Gasteiger partial charge on any atom is 0.233 e. The van der Waals surface area contributed by atoms with Crippen LogP contribution in [0.1, 0.15) is 12.0 Å². The van der Waals surface area contributed by atoms with Crippen LogP contribution >= 0.6 is 0 Å². The molecule has 2 rings (SSSR count). The van der Waals surface area contributed by atoms with Gasteiger partial charge in [0.25, 0.3) is 0 Å². The molecule has 120 valence electrons. The molecule has 0 unspecified atom stereocenters. The molecule has 0 radical (unpaired) electrons. The highest BCUT2D eigenvalue weighted by atomic mass is 19.1. The van der Waals surface area contributed by atoms with Gasteiger partial charge in [-0.3, -0.25) is 9.59 Å². The highest BCUT2D eigenvalue weighted by molar-refractivity contribution is 6.03. The van der Waals surface area contributed by atoms with Gasteiger partial charge < -0.3 is 10.6 Å². The van der Waals surface area contributed by atoms with Gasteiger partial charge in [0, 0.05) is 12.1 Å². The van der Waals surface area contributed by atoms with Crippen LogP contribution in [0.25, 0.3) is 0 Å². The Kier molecular flexibility index (Phi) is 5.35. The molecule has 0 aliphatic carbocycles. The Balaban J connectivity index is 1.88. The first-order chi connectivity index (χ1) is 11.0. The first kappa shape index (κ1) is 16.5. The number of carbonyl (C=O) groups excluding carboxylic acids is 2. The molecule has 0 atom stereocenters. The summed E-state index contributed by atoms with van der Waals surface area (Å²) in [7, 11) is 0. The van der Waals surface area contributed by atoms with E-state index in [1.807, 2.05) is 5.32 Å². The Morgan fingerprint density at radius 2 is 1.43 bits per heavy atom. The van der Waals surface area contributed by atoms with Gasteiger partial charge in [0.1, 0.15) is 29.6 Å². The first-order valence-corrected chi connectivity index (χ1v) is 6.71. The number of rotatable bonds is 5. The topological polar surface area (TPSA) is 58.2 Å². The van der Waals surface area contributed by atoms with Gasteiger partial charge in [0.15, 0.2) is 0 Å². The fourth-order valence-electron chi connectivity index (χ4n) is 1.84. The van der Waals surface area contributed by atoms with E-state index in [4.69, 9.17) is 0 Å². The van der Waals surface area contributed by atoms with E-state index in [0.717, 1.165) is 18.2 Å². The summed E-state index contributed by atoms with van der Waals surface area (Å²) < 4.78 is 40.1. The van der Waals surface area contributed by atoms with Crippen molar-refractivity contribution >= 4 is 17.5 Å². The normalized spacial score (nSPS) is 10.2. The summed E-state index contributed by atoms with van der Waals surface area (Å²) >= 11 is 0. The molecule has 2 amide bonds. The van der Waals surface area contributed by atoms with Crippen molar-refractivity contribution < 1.29 is 22.8 Å². The lowest BCUT2D eigenvalue weighted by Crippen LogP contribution is -2.28. The maximum absolute atomic E-state index is 13.4. The highest BCUT2D eigenvalue weighted by Gasteiger charge is 2.15. The first-order valence-electron chi connectivity index (χ1n) is 6.71. The minimum Gasteiger partial charge on any atom is -0.351 e. The molecule has 0 spiro atoms. The Hall–Kier alpha value is -2.83. The van der Waals surface area contributed by atoms with Crippen LogP contribution in [0, 0.1) is 17.5 Å². The van der Waals surface area contributed by atoms with Crippen LogP contribution in [0.3, 0.4) is 0 Å². The van der Waals surface area contributed by atoms with Gasteiger partial charge in [-0.2, -0.15) is 0 Å². The lowest BCUT2D eigenvalue weighted by Gasteiger charge is -2.08. The molecule has 2 aromatic rings. The number of amides is 2. The molecular weight excluding hydrogens is 309 g/mol. The van der Waals surface area contributed by atoms with Crippen molar-refractivity contribution in [1.29, 1.82) is 0 Å². The van der Waals surface area contributed by atoms with E-state index in [1.54, 1.807) is 6.07 Å². The van der Waals surface area contributed by atoms with Crippen molar-refractivity contribution in [2.75, 3.05) is 5.32 Å². The number of para-hydroxylation sites is 1. The van der Waals surface area contributed by atoms with Crippen LogP contribution in [-0.4, -0.2) is 11.8 Å². The number of halogens is 3. The molecule has 2 N–H and O–H groups in total. The summed E-state index contributed by atoms with van der Waals surface area (Å²) in [6, 6.07) is 8.98. The van der Waals surface area contributed by atoms with Crippen LogP contribution in [0.4, 0.5) is 18.9 Å². The molecular formula is C16H13F3N2O2. The van der Waals surface area contributed by atoms with Gasteiger partial charge in [0.05, 0.1) is 0 Å². The van der Waals surface area contributed by atoms with Crippen molar-refractivity contribution in [3.05, 3.63) is 65.5 Å². The van der Waals surface area contributed by atoms with Crippen molar-refractivity contribution in [1.82, 2.24) is 5.32 Å². The molecule has 23 heavy (non-hydrogen) atoms. The van der Waals surface area contributed by atoms with Crippen LogP contribution in [0.2, 0.25) is 0 Å². The van der Waals surface area contributed by atoms with Crippen molar-refractivity contribution in [3.8, 4) is 0 Å². The van der Waals surface area contributed by atoms with Gasteiger partial charge in [-0.25, -0.2) is 13.2 Å². The third kappa shape index (κ3) is 4.57. The third-order valence-corrected chi connectivity index (χ3v) is 2.98. The van der Waals surface area contributed by atoms with Crippen LogP contribution in [0.5, 0.6) is 0 Å². The summed E-state index contributed by atoms with van der Waals surface area (Å²) in [6.07, 6.45) is -0.637. The average molecular weight is 322 g/mol. The van der Waals surface area contributed by atoms with E-state index in [1.165, 1.54) is 18.2 Å². The summed E-state index contributed by atoms with van der Waals surface area (Å²) in [5, 5.41) is 4.35. The van der Waals surface area contributed by atoms with E-state index < -0.39 is 41.4 Å². The molecule has 0 aliphatic heterocycles. The zero-order valence-corrected chi connectivity index (χ0v) is 11.9. The lowest BCUT2D eigenvalue weighted by atomic mass is 10.2. The number of nitrogens with one attached hydrogen (secondary N) is 2. The van der Waals surface area contributed by atoms with Gasteiger partial charge in [-0.15, -0.1) is 0 Å². The van der Waals surface area contributed by atoms with Gasteiger partial charge >= 0.3 is 0 Å². The van der Waals surface area contributed by atoms with E-state index >= 15 is 0 Å². The monoisotopic (exact) mass is 322 g/mol. The molecule has 0 bridgehead atoms. The maximum atomic E-state index is 13.4. The molecule has 4 nitrogen and oxygen atoms in total. The molecule has 0 fully saturated rings. The van der Waals surface area contributed by atoms with E-state index in [-0.39, 0.29) is 12.1 Å².